The molecule has 1 amide bonds. The molecule has 1 aromatic rings. The van der Waals surface area contributed by atoms with Crippen LogP contribution in [-0.2, 0) is 11.2 Å². The Morgan fingerprint density at radius 2 is 1.75 bits per heavy atom. The third-order valence-electron chi connectivity index (χ3n) is 6.09. The fraction of sp³-hybridized carbons (Fsp3) is 0.636. The molecule has 3 rings (SSSR count). The lowest BCUT2D eigenvalue weighted by Gasteiger charge is -2.39. The van der Waals surface area contributed by atoms with Gasteiger partial charge in [-0.3, -0.25) is 14.7 Å². The van der Waals surface area contributed by atoms with Gasteiger partial charge in [0.15, 0.2) is 5.96 Å². The van der Waals surface area contributed by atoms with Crippen LogP contribution in [0.5, 0.6) is 0 Å². The van der Waals surface area contributed by atoms with Gasteiger partial charge in [0.25, 0.3) is 0 Å². The van der Waals surface area contributed by atoms with Gasteiger partial charge >= 0.3 is 0 Å². The van der Waals surface area contributed by atoms with E-state index in [1.54, 1.807) is 0 Å². The van der Waals surface area contributed by atoms with Crippen molar-refractivity contribution in [2.24, 2.45) is 4.99 Å². The van der Waals surface area contributed by atoms with Crippen LogP contribution in [-0.4, -0.2) is 85.5 Å². The summed E-state index contributed by atoms with van der Waals surface area (Å²) in [4.78, 5) is 23.8. The van der Waals surface area contributed by atoms with Crippen molar-refractivity contribution < 1.29 is 4.79 Å². The van der Waals surface area contributed by atoms with Crippen molar-refractivity contribution in [3.05, 3.63) is 35.4 Å². The van der Waals surface area contributed by atoms with Gasteiger partial charge in [0.05, 0.1) is 6.04 Å². The van der Waals surface area contributed by atoms with E-state index < -0.39 is 0 Å². The summed E-state index contributed by atoms with van der Waals surface area (Å²) >= 11 is 0. The van der Waals surface area contributed by atoms with E-state index in [1.165, 1.54) is 11.1 Å². The van der Waals surface area contributed by atoms with Gasteiger partial charge in [0, 0.05) is 52.9 Å². The Balaban J connectivity index is 1.44. The summed E-state index contributed by atoms with van der Waals surface area (Å²) in [6, 6.07) is 8.52. The maximum absolute atomic E-state index is 12.7. The van der Waals surface area contributed by atoms with Crippen molar-refractivity contribution in [1.82, 2.24) is 20.0 Å². The molecule has 0 aromatic heterocycles. The molecule has 2 heterocycles. The van der Waals surface area contributed by atoms with E-state index >= 15 is 0 Å². The normalized spacial score (nSPS) is 19.8. The predicted molar refractivity (Wildman–Crippen MR) is 115 cm³/mol. The van der Waals surface area contributed by atoms with Crippen LogP contribution in [0.1, 0.15) is 30.9 Å². The average Bonchev–Trinajstić information content (AvgIpc) is 3.26. The van der Waals surface area contributed by atoms with Gasteiger partial charge in [0.1, 0.15) is 0 Å². The van der Waals surface area contributed by atoms with Crippen LogP contribution in [0.25, 0.3) is 0 Å². The number of piperazine rings is 1. The maximum Gasteiger partial charge on any atom is 0.239 e. The Morgan fingerprint density at radius 1 is 1.07 bits per heavy atom. The molecule has 6 heteroatoms. The second-order valence-electron chi connectivity index (χ2n) is 7.88. The van der Waals surface area contributed by atoms with Gasteiger partial charge in [-0.15, -0.1) is 0 Å². The molecule has 1 atom stereocenters. The van der Waals surface area contributed by atoms with E-state index in [4.69, 9.17) is 0 Å². The average molecular weight is 386 g/mol. The largest absolute Gasteiger partial charge is 0.356 e. The number of nitrogens with one attached hydrogen (secondary N) is 1. The molecule has 2 saturated heterocycles. The fourth-order valence-corrected chi connectivity index (χ4v) is 4.21. The highest BCUT2D eigenvalue weighted by Gasteiger charge is 2.30. The van der Waals surface area contributed by atoms with Crippen LogP contribution in [0, 0.1) is 6.92 Å². The standard InChI is InChI=1S/C22H35N5O/c1-18-8-4-5-9-20(18)10-11-24-22(23-3)27-16-14-25(15-17-27)19(2)21(28)26-12-6-7-13-26/h4-5,8-9,19H,6-7,10-17H2,1-3H3,(H,23,24). The Bertz CT molecular complexity index is 675. The quantitative estimate of drug-likeness (QED) is 0.620. The van der Waals surface area contributed by atoms with Gasteiger partial charge in [-0.2, -0.15) is 0 Å². The lowest BCUT2D eigenvalue weighted by atomic mass is 10.1. The zero-order valence-corrected chi connectivity index (χ0v) is 17.7. The first-order valence-electron chi connectivity index (χ1n) is 10.6. The van der Waals surface area contributed by atoms with Crippen LogP contribution in [0.4, 0.5) is 0 Å². The summed E-state index contributed by atoms with van der Waals surface area (Å²) in [6.07, 6.45) is 3.29. The molecule has 0 aliphatic carbocycles. The molecule has 28 heavy (non-hydrogen) atoms. The van der Waals surface area contributed by atoms with E-state index in [0.29, 0.717) is 5.91 Å². The number of hydrogen-bond donors (Lipinski definition) is 1. The summed E-state index contributed by atoms with van der Waals surface area (Å²) in [5.74, 6) is 1.26. The molecule has 0 bridgehead atoms. The van der Waals surface area contributed by atoms with Crippen molar-refractivity contribution in [3.8, 4) is 0 Å². The molecule has 2 fully saturated rings. The molecular weight excluding hydrogens is 350 g/mol. The Hall–Kier alpha value is -2.08. The number of hydrogen-bond acceptors (Lipinski definition) is 3. The molecule has 1 N–H and O–H groups in total. The SMILES string of the molecule is CN=C(NCCc1ccccc1C)N1CCN(C(C)C(=O)N2CCCC2)CC1. The first kappa shape index (κ1) is 20.6. The van der Waals surface area contributed by atoms with Gasteiger partial charge in [-0.05, 0) is 44.2 Å². The lowest BCUT2D eigenvalue weighted by molar-refractivity contribution is -0.135. The van der Waals surface area contributed by atoms with Crippen molar-refractivity contribution in [3.63, 3.8) is 0 Å². The van der Waals surface area contributed by atoms with Gasteiger partial charge in [-0.1, -0.05) is 24.3 Å². The highest BCUT2D eigenvalue weighted by Crippen LogP contribution is 2.14. The monoisotopic (exact) mass is 385 g/mol. The molecule has 154 valence electrons. The highest BCUT2D eigenvalue weighted by atomic mass is 16.2. The number of nitrogens with zero attached hydrogens (tertiary/aromatic N) is 4. The summed E-state index contributed by atoms with van der Waals surface area (Å²) in [7, 11) is 1.85. The number of amides is 1. The van der Waals surface area contributed by atoms with Crippen LogP contribution in [0.3, 0.4) is 0 Å². The molecule has 1 unspecified atom stereocenters. The van der Waals surface area contributed by atoms with Crippen LogP contribution < -0.4 is 5.32 Å². The van der Waals surface area contributed by atoms with Crippen LogP contribution in [0.2, 0.25) is 0 Å². The Kier molecular flexibility index (Phi) is 7.31. The zero-order chi connectivity index (χ0) is 19.9. The number of carbonyl (C=O) groups is 1. The molecule has 2 aliphatic heterocycles. The maximum atomic E-state index is 12.7. The first-order chi connectivity index (χ1) is 13.6. The number of carbonyl (C=O) groups excluding carboxylic acids is 1. The van der Waals surface area contributed by atoms with E-state index in [9.17, 15) is 4.79 Å². The van der Waals surface area contributed by atoms with Crippen molar-refractivity contribution >= 4 is 11.9 Å². The van der Waals surface area contributed by atoms with E-state index in [-0.39, 0.29) is 6.04 Å². The Labute approximate surface area is 169 Å². The number of likely N-dealkylation sites (tertiary alicyclic amines) is 1. The minimum Gasteiger partial charge on any atom is -0.356 e. The number of aliphatic imine (C=N–C) groups is 1. The smallest absolute Gasteiger partial charge is 0.239 e. The van der Waals surface area contributed by atoms with Gasteiger partial charge in [-0.25, -0.2) is 0 Å². The molecule has 0 radical (unpaired) electrons. The number of guanidine groups is 1. The zero-order valence-electron chi connectivity index (χ0n) is 17.7. The van der Waals surface area contributed by atoms with Gasteiger partial charge < -0.3 is 15.1 Å². The summed E-state index contributed by atoms with van der Waals surface area (Å²) < 4.78 is 0. The molecule has 6 nitrogen and oxygen atoms in total. The molecular formula is C22H35N5O. The van der Waals surface area contributed by atoms with E-state index in [1.807, 2.05) is 11.9 Å². The molecule has 2 aliphatic rings. The predicted octanol–water partition coefficient (Wildman–Crippen LogP) is 1.74. The van der Waals surface area contributed by atoms with Crippen LogP contribution >= 0.6 is 0 Å². The summed E-state index contributed by atoms with van der Waals surface area (Å²) in [5, 5.41) is 3.51. The molecule has 0 saturated carbocycles. The van der Waals surface area contributed by atoms with E-state index in [2.05, 4.69) is 58.2 Å². The first-order valence-corrected chi connectivity index (χ1v) is 10.6. The van der Waals surface area contributed by atoms with Gasteiger partial charge in [0.2, 0.25) is 5.91 Å². The van der Waals surface area contributed by atoms with Crippen molar-refractivity contribution in [1.29, 1.82) is 0 Å². The van der Waals surface area contributed by atoms with Crippen molar-refractivity contribution in [2.45, 2.75) is 39.2 Å². The minimum absolute atomic E-state index is 0.0173. The third kappa shape index (κ3) is 5.04. The minimum atomic E-state index is -0.0173. The molecule has 1 aromatic carbocycles. The second-order valence-corrected chi connectivity index (χ2v) is 7.88. The fourth-order valence-electron chi connectivity index (χ4n) is 4.21. The Morgan fingerprint density at radius 3 is 2.39 bits per heavy atom. The second kappa shape index (κ2) is 9.92. The van der Waals surface area contributed by atoms with E-state index in [0.717, 1.165) is 71.0 Å². The van der Waals surface area contributed by atoms with Crippen molar-refractivity contribution in [2.75, 3.05) is 52.9 Å². The number of aryl methyl sites for hydroxylation is 1. The topological polar surface area (TPSA) is 51.2 Å². The lowest BCUT2D eigenvalue weighted by Crippen LogP contribution is -2.57. The summed E-state index contributed by atoms with van der Waals surface area (Å²) in [5.41, 5.74) is 2.72. The number of rotatable bonds is 5. The van der Waals surface area contributed by atoms with Crippen LogP contribution in [0.15, 0.2) is 29.3 Å². The highest BCUT2D eigenvalue weighted by molar-refractivity contribution is 5.82. The number of benzene rings is 1. The third-order valence-corrected chi connectivity index (χ3v) is 6.09. The summed E-state index contributed by atoms with van der Waals surface area (Å²) in [6.45, 7) is 10.6. The molecule has 0 spiro atoms.